The SMILES string of the molecule is NCc1ccc(C(=O)Nc2cc(C(=O)O)ccc2F)o1. The lowest BCUT2D eigenvalue weighted by Crippen LogP contribution is -2.13. The fourth-order valence-electron chi connectivity index (χ4n) is 1.55. The Labute approximate surface area is 113 Å². The Bertz CT molecular complexity index is 666. The molecule has 0 saturated heterocycles. The van der Waals surface area contributed by atoms with Crippen LogP contribution in [0.5, 0.6) is 0 Å². The van der Waals surface area contributed by atoms with Crippen LogP contribution in [0.2, 0.25) is 0 Å². The summed E-state index contributed by atoms with van der Waals surface area (Å²) in [6.45, 7) is 0.135. The van der Waals surface area contributed by atoms with Crippen LogP contribution in [0.1, 0.15) is 26.7 Å². The van der Waals surface area contributed by atoms with Gasteiger partial charge in [-0.1, -0.05) is 0 Å². The summed E-state index contributed by atoms with van der Waals surface area (Å²) in [6.07, 6.45) is 0. The second-order valence-electron chi connectivity index (χ2n) is 3.92. The number of halogens is 1. The minimum atomic E-state index is -1.22. The largest absolute Gasteiger partial charge is 0.478 e. The van der Waals surface area contributed by atoms with E-state index >= 15 is 0 Å². The molecule has 20 heavy (non-hydrogen) atoms. The summed E-state index contributed by atoms with van der Waals surface area (Å²) >= 11 is 0. The topological polar surface area (TPSA) is 106 Å². The molecule has 0 aliphatic carbocycles. The van der Waals surface area contributed by atoms with Gasteiger partial charge >= 0.3 is 5.97 Å². The number of nitrogens with one attached hydrogen (secondary N) is 1. The van der Waals surface area contributed by atoms with Crippen LogP contribution >= 0.6 is 0 Å². The third-order valence-corrected chi connectivity index (χ3v) is 2.55. The molecule has 0 bridgehead atoms. The fourth-order valence-corrected chi connectivity index (χ4v) is 1.55. The quantitative estimate of drug-likeness (QED) is 0.791. The maximum Gasteiger partial charge on any atom is 0.335 e. The molecular formula is C13H11FN2O4. The molecule has 1 aromatic carbocycles. The van der Waals surface area contributed by atoms with Crippen molar-refractivity contribution >= 4 is 17.6 Å². The van der Waals surface area contributed by atoms with Crippen molar-refractivity contribution in [3.63, 3.8) is 0 Å². The van der Waals surface area contributed by atoms with E-state index in [0.29, 0.717) is 5.76 Å². The number of carboxylic acid groups (broad SMARTS) is 1. The minimum absolute atomic E-state index is 0.0365. The summed E-state index contributed by atoms with van der Waals surface area (Å²) in [4.78, 5) is 22.6. The van der Waals surface area contributed by atoms with Crippen LogP contribution in [0.4, 0.5) is 10.1 Å². The number of aromatic carboxylic acids is 1. The Hall–Kier alpha value is -2.67. The van der Waals surface area contributed by atoms with Gasteiger partial charge in [0.15, 0.2) is 5.76 Å². The van der Waals surface area contributed by atoms with Gasteiger partial charge in [-0.25, -0.2) is 9.18 Å². The minimum Gasteiger partial charge on any atom is -0.478 e. The van der Waals surface area contributed by atoms with E-state index in [0.717, 1.165) is 18.2 Å². The van der Waals surface area contributed by atoms with E-state index in [1.54, 1.807) is 0 Å². The number of amides is 1. The Kier molecular flexibility index (Phi) is 3.81. The molecule has 0 aliphatic rings. The van der Waals surface area contributed by atoms with Crippen molar-refractivity contribution in [3.8, 4) is 0 Å². The highest BCUT2D eigenvalue weighted by atomic mass is 19.1. The van der Waals surface area contributed by atoms with Gasteiger partial charge in [-0.2, -0.15) is 0 Å². The van der Waals surface area contributed by atoms with Gasteiger partial charge in [0, 0.05) is 0 Å². The van der Waals surface area contributed by atoms with E-state index in [-0.39, 0.29) is 23.6 Å². The molecule has 0 saturated carbocycles. The normalized spacial score (nSPS) is 10.3. The van der Waals surface area contributed by atoms with Crippen molar-refractivity contribution in [3.05, 3.63) is 53.2 Å². The summed E-state index contributed by atoms with van der Waals surface area (Å²) in [5.74, 6) is -2.27. The number of hydrogen-bond acceptors (Lipinski definition) is 4. The lowest BCUT2D eigenvalue weighted by Gasteiger charge is -2.05. The first kappa shape index (κ1) is 13.8. The Morgan fingerprint density at radius 2 is 2.05 bits per heavy atom. The zero-order valence-corrected chi connectivity index (χ0v) is 10.2. The van der Waals surface area contributed by atoms with Crippen LogP contribution in [-0.4, -0.2) is 17.0 Å². The number of rotatable bonds is 4. The van der Waals surface area contributed by atoms with E-state index in [2.05, 4.69) is 5.32 Å². The molecule has 0 spiro atoms. The van der Waals surface area contributed by atoms with E-state index < -0.39 is 17.7 Å². The molecule has 6 nitrogen and oxygen atoms in total. The Morgan fingerprint density at radius 1 is 1.30 bits per heavy atom. The van der Waals surface area contributed by atoms with Crippen molar-refractivity contribution in [1.29, 1.82) is 0 Å². The van der Waals surface area contributed by atoms with Crippen LogP contribution in [0.25, 0.3) is 0 Å². The first-order valence-electron chi connectivity index (χ1n) is 5.64. The molecule has 0 aliphatic heterocycles. The lowest BCUT2D eigenvalue weighted by molar-refractivity contribution is 0.0696. The second kappa shape index (κ2) is 5.54. The van der Waals surface area contributed by atoms with Gasteiger partial charge in [0.2, 0.25) is 0 Å². The van der Waals surface area contributed by atoms with Crippen LogP contribution < -0.4 is 11.1 Å². The van der Waals surface area contributed by atoms with Crippen molar-refractivity contribution in [2.24, 2.45) is 5.73 Å². The maximum atomic E-state index is 13.5. The number of nitrogens with two attached hydrogens (primary N) is 1. The summed E-state index contributed by atoms with van der Waals surface area (Å²) in [7, 11) is 0. The second-order valence-corrected chi connectivity index (χ2v) is 3.92. The molecule has 2 aromatic rings. The number of carbonyl (C=O) groups is 2. The van der Waals surface area contributed by atoms with Crippen LogP contribution in [-0.2, 0) is 6.54 Å². The van der Waals surface area contributed by atoms with E-state index in [4.69, 9.17) is 15.3 Å². The first-order valence-corrected chi connectivity index (χ1v) is 5.64. The van der Waals surface area contributed by atoms with Gasteiger partial charge in [0.25, 0.3) is 5.91 Å². The molecule has 2 rings (SSSR count). The Morgan fingerprint density at radius 3 is 2.65 bits per heavy atom. The van der Waals surface area contributed by atoms with Gasteiger partial charge in [0.05, 0.1) is 17.8 Å². The predicted octanol–water partition coefficient (Wildman–Crippen LogP) is 1.83. The van der Waals surface area contributed by atoms with Gasteiger partial charge in [-0.3, -0.25) is 4.79 Å². The summed E-state index contributed by atoms with van der Waals surface area (Å²) in [6, 6.07) is 6.02. The van der Waals surface area contributed by atoms with Crippen LogP contribution in [0.15, 0.2) is 34.7 Å². The summed E-state index contributed by atoms with van der Waals surface area (Å²) in [5, 5.41) is 11.1. The number of anilines is 1. The third kappa shape index (κ3) is 2.83. The zero-order chi connectivity index (χ0) is 14.7. The molecule has 0 atom stereocenters. The molecule has 1 aromatic heterocycles. The molecule has 1 heterocycles. The van der Waals surface area contributed by atoms with Crippen molar-refractivity contribution in [2.45, 2.75) is 6.54 Å². The highest BCUT2D eigenvalue weighted by Gasteiger charge is 2.15. The van der Waals surface area contributed by atoms with Crippen LogP contribution in [0.3, 0.4) is 0 Å². The maximum absolute atomic E-state index is 13.5. The van der Waals surface area contributed by atoms with Crippen molar-refractivity contribution < 1.29 is 23.5 Å². The number of benzene rings is 1. The predicted molar refractivity (Wildman–Crippen MR) is 67.9 cm³/mol. The number of furan rings is 1. The molecule has 0 unspecified atom stereocenters. The summed E-state index contributed by atoms with van der Waals surface area (Å²) < 4.78 is 18.6. The van der Waals surface area contributed by atoms with E-state index in [1.807, 2.05) is 0 Å². The molecule has 1 amide bonds. The highest BCUT2D eigenvalue weighted by Crippen LogP contribution is 2.18. The third-order valence-electron chi connectivity index (χ3n) is 2.55. The number of hydrogen-bond donors (Lipinski definition) is 3. The van der Waals surface area contributed by atoms with Crippen molar-refractivity contribution in [1.82, 2.24) is 0 Å². The smallest absolute Gasteiger partial charge is 0.335 e. The zero-order valence-electron chi connectivity index (χ0n) is 10.2. The van der Waals surface area contributed by atoms with Crippen LogP contribution in [0, 0.1) is 5.82 Å². The average Bonchev–Trinajstić information content (AvgIpc) is 2.89. The number of carbonyl (C=O) groups excluding carboxylic acids is 1. The van der Waals surface area contributed by atoms with E-state index in [1.165, 1.54) is 12.1 Å². The monoisotopic (exact) mass is 278 g/mol. The van der Waals surface area contributed by atoms with Gasteiger partial charge in [0.1, 0.15) is 11.6 Å². The van der Waals surface area contributed by atoms with E-state index in [9.17, 15) is 14.0 Å². The molecular weight excluding hydrogens is 267 g/mol. The molecule has 0 radical (unpaired) electrons. The molecule has 104 valence electrons. The average molecular weight is 278 g/mol. The highest BCUT2D eigenvalue weighted by molar-refractivity contribution is 6.03. The number of carboxylic acids is 1. The molecule has 0 fully saturated rings. The summed E-state index contributed by atoms with van der Waals surface area (Å²) in [5.41, 5.74) is 4.97. The first-order chi connectivity index (χ1) is 9.51. The fraction of sp³-hybridized carbons (Fsp3) is 0.0769. The van der Waals surface area contributed by atoms with Gasteiger partial charge in [-0.15, -0.1) is 0 Å². The van der Waals surface area contributed by atoms with Crippen molar-refractivity contribution in [2.75, 3.05) is 5.32 Å². The lowest BCUT2D eigenvalue weighted by atomic mass is 10.2. The molecule has 4 N–H and O–H groups in total. The standard InChI is InChI=1S/C13H11FN2O4/c14-9-3-1-7(13(18)19)5-10(9)16-12(17)11-4-2-8(6-15)20-11/h1-5H,6,15H2,(H,16,17)(H,18,19). The Balaban J connectivity index is 2.22. The van der Waals surface area contributed by atoms with Gasteiger partial charge < -0.3 is 20.6 Å². The van der Waals surface area contributed by atoms with Gasteiger partial charge in [-0.05, 0) is 30.3 Å². The molecule has 7 heteroatoms.